The van der Waals surface area contributed by atoms with Gasteiger partial charge in [-0.3, -0.25) is 4.79 Å². The van der Waals surface area contributed by atoms with Crippen molar-refractivity contribution in [2.75, 3.05) is 19.6 Å². The first-order valence-corrected chi connectivity index (χ1v) is 8.40. The highest BCUT2D eigenvalue weighted by Gasteiger charge is 2.45. The molecule has 2 fully saturated rings. The molecule has 3 unspecified atom stereocenters. The molecule has 1 saturated heterocycles. The molecule has 4 heteroatoms. The second kappa shape index (κ2) is 6.90. The average Bonchev–Trinajstić information content (AvgIpc) is 2.72. The van der Waals surface area contributed by atoms with Crippen molar-refractivity contribution in [3.05, 3.63) is 0 Å². The molecule has 3 N–H and O–H groups in total. The van der Waals surface area contributed by atoms with Crippen molar-refractivity contribution in [2.24, 2.45) is 11.7 Å². The molecule has 1 amide bonds. The molecule has 3 atom stereocenters. The van der Waals surface area contributed by atoms with Crippen molar-refractivity contribution in [3.63, 3.8) is 0 Å². The molecule has 0 aromatic heterocycles. The molecular weight excluding hydrogens is 250 g/mol. The third-order valence-electron chi connectivity index (χ3n) is 5.45. The van der Waals surface area contributed by atoms with Gasteiger partial charge in [0.2, 0.25) is 5.91 Å². The van der Waals surface area contributed by atoms with Crippen LogP contribution in [0.25, 0.3) is 0 Å². The maximum Gasteiger partial charge on any atom is 0.237 e. The lowest BCUT2D eigenvalue weighted by Gasteiger charge is -2.31. The Morgan fingerprint density at radius 1 is 1.30 bits per heavy atom. The number of rotatable bonds is 5. The van der Waals surface area contributed by atoms with Crippen LogP contribution < -0.4 is 11.1 Å². The van der Waals surface area contributed by atoms with Gasteiger partial charge in [0.25, 0.3) is 0 Å². The molecule has 2 rings (SSSR count). The van der Waals surface area contributed by atoms with Crippen molar-refractivity contribution >= 4 is 5.91 Å². The number of likely N-dealkylation sites (N-methyl/N-ethyl adjacent to an activating group) is 1. The second-order valence-corrected chi connectivity index (χ2v) is 6.61. The van der Waals surface area contributed by atoms with Crippen LogP contribution in [0.4, 0.5) is 0 Å². The number of primary amides is 1. The normalized spacial score (nSPS) is 35.9. The molecule has 1 heterocycles. The Hall–Kier alpha value is -0.610. The summed E-state index contributed by atoms with van der Waals surface area (Å²) in [6, 6.07) is 0.539. The van der Waals surface area contributed by atoms with E-state index < -0.39 is 5.54 Å². The van der Waals surface area contributed by atoms with Crippen LogP contribution in [0, 0.1) is 5.92 Å². The summed E-state index contributed by atoms with van der Waals surface area (Å²) in [6.45, 7) is 7.56. The standard InChI is InChI=1S/C16H31N3O/c1-3-13-6-5-10-19(11-8-13)14-7-9-16(12-14,15(17)20)18-4-2/h13-14,18H,3-12H2,1-2H3,(H2,17,20). The zero-order chi connectivity index (χ0) is 14.6. The summed E-state index contributed by atoms with van der Waals surface area (Å²) in [5.41, 5.74) is 5.22. The largest absolute Gasteiger partial charge is 0.368 e. The van der Waals surface area contributed by atoms with Gasteiger partial charge in [-0.25, -0.2) is 0 Å². The highest BCUT2D eigenvalue weighted by molar-refractivity contribution is 5.85. The lowest BCUT2D eigenvalue weighted by molar-refractivity contribution is -0.124. The fourth-order valence-corrected chi connectivity index (χ4v) is 4.10. The maximum absolute atomic E-state index is 11.8. The van der Waals surface area contributed by atoms with Crippen LogP contribution in [0.5, 0.6) is 0 Å². The molecule has 2 aliphatic rings. The fraction of sp³-hybridized carbons (Fsp3) is 0.938. The smallest absolute Gasteiger partial charge is 0.237 e. The third kappa shape index (κ3) is 3.34. The van der Waals surface area contributed by atoms with Crippen LogP contribution in [-0.2, 0) is 4.79 Å². The molecule has 1 saturated carbocycles. The highest BCUT2D eigenvalue weighted by Crippen LogP contribution is 2.34. The Balaban J connectivity index is 1.96. The summed E-state index contributed by atoms with van der Waals surface area (Å²) in [5, 5.41) is 3.36. The zero-order valence-electron chi connectivity index (χ0n) is 13.2. The summed E-state index contributed by atoms with van der Waals surface area (Å²) in [5.74, 6) is 0.735. The van der Waals surface area contributed by atoms with Gasteiger partial charge in [-0.05, 0) is 64.1 Å². The van der Waals surface area contributed by atoms with Gasteiger partial charge in [-0.2, -0.15) is 0 Å². The van der Waals surface area contributed by atoms with E-state index in [0.717, 1.165) is 31.7 Å². The van der Waals surface area contributed by atoms with E-state index >= 15 is 0 Å². The van der Waals surface area contributed by atoms with Crippen LogP contribution in [0.1, 0.15) is 58.8 Å². The Bertz CT molecular complexity index is 334. The van der Waals surface area contributed by atoms with E-state index in [2.05, 4.69) is 24.1 Å². The van der Waals surface area contributed by atoms with E-state index in [0.29, 0.717) is 6.04 Å². The van der Waals surface area contributed by atoms with Crippen LogP contribution in [-0.4, -0.2) is 42.0 Å². The van der Waals surface area contributed by atoms with E-state index in [1.54, 1.807) is 0 Å². The molecule has 116 valence electrons. The summed E-state index contributed by atoms with van der Waals surface area (Å²) in [6.07, 6.45) is 8.20. The number of nitrogens with zero attached hydrogens (tertiary/aromatic N) is 1. The molecule has 0 aromatic carbocycles. The number of nitrogens with two attached hydrogens (primary N) is 1. The van der Waals surface area contributed by atoms with Gasteiger partial charge in [0.05, 0.1) is 5.54 Å². The van der Waals surface area contributed by atoms with E-state index in [9.17, 15) is 4.79 Å². The lowest BCUT2D eigenvalue weighted by atomic mass is 9.96. The maximum atomic E-state index is 11.8. The Morgan fingerprint density at radius 2 is 2.10 bits per heavy atom. The lowest BCUT2D eigenvalue weighted by Crippen LogP contribution is -2.54. The van der Waals surface area contributed by atoms with E-state index in [-0.39, 0.29) is 5.91 Å². The van der Waals surface area contributed by atoms with E-state index in [4.69, 9.17) is 5.73 Å². The van der Waals surface area contributed by atoms with Gasteiger partial charge in [0, 0.05) is 6.04 Å². The first-order chi connectivity index (χ1) is 9.61. The second-order valence-electron chi connectivity index (χ2n) is 6.61. The first-order valence-electron chi connectivity index (χ1n) is 8.40. The number of amides is 1. The summed E-state index contributed by atoms with van der Waals surface area (Å²) < 4.78 is 0. The number of likely N-dealkylation sites (tertiary alicyclic amines) is 1. The minimum absolute atomic E-state index is 0.164. The van der Waals surface area contributed by atoms with E-state index in [1.807, 2.05) is 0 Å². The zero-order valence-corrected chi connectivity index (χ0v) is 13.2. The monoisotopic (exact) mass is 281 g/mol. The average molecular weight is 281 g/mol. The molecular formula is C16H31N3O. The topological polar surface area (TPSA) is 58.4 Å². The number of nitrogens with one attached hydrogen (secondary N) is 1. The Labute approximate surface area is 123 Å². The highest BCUT2D eigenvalue weighted by atomic mass is 16.1. The van der Waals surface area contributed by atoms with Crippen molar-refractivity contribution in [1.29, 1.82) is 0 Å². The number of hydrogen-bond donors (Lipinski definition) is 2. The number of hydrogen-bond acceptors (Lipinski definition) is 3. The molecule has 0 bridgehead atoms. The SMILES string of the molecule is CCNC1(C(N)=O)CCC(N2CCCC(CC)CC2)C1. The first kappa shape index (κ1) is 15.8. The summed E-state index contributed by atoms with van der Waals surface area (Å²) in [7, 11) is 0. The minimum Gasteiger partial charge on any atom is -0.368 e. The summed E-state index contributed by atoms with van der Waals surface area (Å²) in [4.78, 5) is 14.5. The quantitative estimate of drug-likeness (QED) is 0.809. The Kier molecular flexibility index (Phi) is 5.44. The Morgan fingerprint density at radius 3 is 2.75 bits per heavy atom. The predicted molar refractivity (Wildman–Crippen MR) is 82.4 cm³/mol. The van der Waals surface area contributed by atoms with Gasteiger partial charge in [-0.1, -0.05) is 20.3 Å². The number of carbonyl (C=O) groups is 1. The van der Waals surface area contributed by atoms with Gasteiger partial charge in [0.1, 0.15) is 0 Å². The molecule has 0 aromatic rings. The molecule has 0 radical (unpaired) electrons. The third-order valence-corrected chi connectivity index (χ3v) is 5.45. The minimum atomic E-state index is -0.449. The van der Waals surface area contributed by atoms with Crippen LogP contribution in [0.15, 0.2) is 0 Å². The summed E-state index contributed by atoms with van der Waals surface area (Å²) >= 11 is 0. The van der Waals surface area contributed by atoms with Crippen LogP contribution >= 0.6 is 0 Å². The predicted octanol–water partition coefficient (Wildman–Crippen LogP) is 1.88. The molecule has 1 aliphatic heterocycles. The molecule has 20 heavy (non-hydrogen) atoms. The van der Waals surface area contributed by atoms with Crippen molar-refractivity contribution in [1.82, 2.24) is 10.2 Å². The molecule has 0 spiro atoms. The van der Waals surface area contributed by atoms with Crippen LogP contribution in [0.3, 0.4) is 0 Å². The van der Waals surface area contributed by atoms with Gasteiger partial charge in [-0.15, -0.1) is 0 Å². The fourth-order valence-electron chi connectivity index (χ4n) is 4.10. The van der Waals surface area contributed by atoms with Crippen molar-refractivity contribution in [2.45, 2.75) is 70.4 Å². The van der Waals surface area contributed by atoms with E-state index in [1.165, 1.54) is 38.8 Å². The van der Waals surface area contributed by atoms with Crippen LogP contribution in [0.2, 0.25) is 0 Å². The van der Waals surface area contributed by atoms with Gasteiger partial charge >= 0.3 is 0 Å². The molecule has 1 aliphatic carbocycles. The van der Waals surface area contributed by atoms with Crippen molar-refractivity contribution < 1.29 is 4.79 Å². The van der Waals surface area contributed by atoms with Crippen molar-refractivity contribution in [3.8, 4) is 0 Å². The van der Waals surface area contributed by atoms with Gasteiger partial charge in [0.15, 0.2) is 0 Å². The molecule has 4 nitrogen and oxygen atoms in total. The number of carbonyl (C=O) groups excluding carboxylic acids is 1. The van der Waals surface area contributed by atoms with Gasteiger partial charge < -0.3 is 16.0 Å².